The first-order chi connectivity index (χ1) is 10.3. The van der Waals surface area contributed by atoms with Gasteiger partial charge in [-0.1, -0.05) is 32.8 Å². The van der Waals surface area contributed by atoms with Crippen molar-refractivity contribution in [3.63, 3.8) is 0 Å². The molecule has 3 rings (SSSR count). The maximum absolute atomic E-state index is 4.74. The third-order valence-electron chi connectivity index (χ3n) is 5.45. The Morgan fingerprint density at radius 2 is 2.10 bits per heavy atom. The summed E-state index contributed by atoms with van der Waals surface area (Å²) in [5.74, 6) is 3.19. The van der Waals surface area contributed by atoms with Crippen LogP contribution in [-0.4, -0.2) is 18.1 Å². The molecule has 0 spiro atoms. The van der Waals surface area contributed by atoms with E-state index in [0.29, 0.717) is 0 Å². The van der Waals surface area contributed by atoms with Gasteiger partial charge in [0.05, 0.1) is 0 Å². The van der Waals surface area contributed by atoms with Gasteiger partial charge in [0.25, 0.3) is 0 Å². The average molecular weight is 286 g/mol. The molecule has 2 nitrogen and oxygen atoms in total. The number of aryl methyl sites for hydroxylation is 1. The van der Waals surface area contributed by atoms with Gasteiger partial charge in [-0.3, -0.25) is 4.98 Å². The van der Waals surface area contributed by atoms with E-state index < -0.39 is 0 Å². The van der Waals surface area contributed by atoms with Crippen LogP contribution in [0.15, 0.2) is 18.3 Å². The molecule has 116 valence electrons. The lowest BCUT2D eigenvalue weighted by atomic mass is 9.71. The highest BCUT2D eigenvalue weighted by Gasteiger charge is 2.36. The maximum atomic E-state index is 4.74. The van der Waals surface area contributed by atoms with Crippen molar-refractivity contribution < 1.29 is 0 Å². The summed E-state index contributed by atoms with van der Waals surface area (Å²) in [7, 11) is 0. The SMILES string of the molecule is CC(C)CNCC1CCCCC1C1CCc2cccnc21. The van der Waals surface area contributed by atoms with Crippen molar-refractivity contribution in [2.45, 2.75) is 58.3 Å². The van der Waals surface area contributed by atoms with E-state index in [1.54, 1.807) is 0 Å². The molecule has 21 heavy (non-hydrogen) atoms. The third-order valence-corrected chi connectivity index (χ3v) is 5.45. The Morgan fingerprint density at radius 1 is 1.24 bits per heavy atom. The predicted molar refractivity (Wildman–Crippen MR) is 88.5 cm³/mol. The molecule has 1 aromatic heterocycles. The van der Waals surface area contributed by atoms with Gasteiger partial charge < -0.3 is 5.32 Å². The Bertz CT molecular complexity index is 455. The number of nitrogens with one attached hydrogen (secondary N) is 1. The van der Waals surface area contributed by atoms with Crippen molar-refractivity contribution in [1.29, 1.82) is 0 Å². The fourth-order valence-electron chi connectivity index (χ4n) is 4.44. The molecule has 0 aliphatic heterocycles. The van der Waals surface area contributed by atoms with Gasteiger partial charge in [0.15, 0.2) is 0 Å². The van der Waals surface area contributed by atoms with Crippen LogP contribution in [0.2, 0.25) is 0 Å². The summed E-state index contributed by atoms with van der Waals surface area (Å²) in [6.07, 6.45) is 10.2. The lowest BCUT2D eigenvalue weighted by Crippen LogP contribution is -2.34. The number of nitrogens with zero attached hydrogens (tertiary/aromatic N) is 1. The summed E-state index contributed by atoms with van der Waals surface area (Å²) in [6.45, 7) is 6.95. The second-order valence-electron chi connectivity index (χ2n) is 7.45. The van der Waals surface area contributed by atoms with E-state index in [1.807, 2.05) is 6.20 Å². The smallest absolute Gasteiger partial charge is 0.0469 e. The lowest BCUT2D eigenvalue weighted by Gasteiger charge is -2.36. The van der Waals surface area contributed by atoms with Crippen molar-refractivity contribution in [2.24, 2.45) is 17.8 Å². The zero-order chi connectivity index (χ0) is 14.7. The first-order valence-corrected chi connectivity index (χ1v) is 8.90. The first-order valence-electron chi connectivity index (χ1n) is 8.90. The molecule has 1 aromatic rings. The molecule has 2 heteroatoms. The largest absolute Gasteiger partial charge is 0.316 e. The molecular weight excluding hydrogens is 256 g/mol. The molecule has 2 aliphatic carbocycles. The van der Waals surface area contributed by atoms with Gasteiger partial charge in [-0.15, -0.1) is 0 Å². The molecule has 3 unspecified atom stereocenters. The minimum atomic E-state index is 0.729. The van der Waals surface area contributed by atoms with E-state index in [0.717, 1.165) is 30.2 Å². The summed E-state index contributed by atoms with van der Waals surface area (Å²) < 4.78 is 0. The standard InChI is InChI=1S/C19H30N2/c1-14(2)12-20-13-16-6-3-4-8-17(16)18-10-9-15-7-5-11-21-19(15)18/h5,7,11,14,16-18,20H,3-4,6,8-10,12-13H2,1-2H3. The Morgan fingerprint density at radius 3 is 2.95 bits per heavy atom. The third kappa shape index (κ3) is 3.48. The summed E-state index contributed by atoms with van der Waals surface area (Å²) in [6, 6.07) is 4.39. The van der Waals surface area contributed by atoms with Gasteiger partial charge in [0.1, 0.15) is 0 Å². The topological polar surface area (TPSA) is 24.9 Å². The van der Waals surface area contributed by atoms with Crippen LogP contribution in [0.4, 0.5) is 0 Å². The normalized spacial score (nSPS) is 28.8. The molecule has 0 amide bonds. The van der Waals surface area contributed by atoms with Crippen molar-refractivity contribution in [3.8, 4) is 0 Å². The van der Waals surface area contributed by atoms with Gasteiger partial charge >= 0.3 is 0 Å². The second-order valence-corrected chi connectivity index (χ2v) is 7.45. The number of fused-ring (bicyclic) bond motifs is 1. The molecule has 3 atom stereocenters. The van der Waals surface area contributed by atoms with E-state index in [9.17, 15) is 0 Å². The molecule has 0 aromatic carbocycles. The van der Waals surface area contributed by atoms with Crippen LogP contribution in [0.25, 0.3) is 0 Å². The van der Waals surface area contributed by atoms with E-state index in [2.05, 4.69) is 31.3 Å². The number of hydrogen-bond donors (Lipinski definition) is 1. The molecule has 1 heterocycles. The molecule has 2 aliphatic rings. The Balaban J connectivity index is 1.67. The van der Waals surface area contributed by atoms with Crippen LogP contribution in [-0.2, 0) is 6.42 Å². The van der Waals surface area contributed by atoms with Crippen LogP contribution in [0, 0.1) is 17.8 Å². The molecule has 0 bridgehead atoms. The number of hydrogen-bond acceptors (Lipinski definition) is 2. The summed E-state index contributed by atoms with van der Waals surface area (Å²) in [4.78, 5) is 4.74. The minimum absolute atomic E-state index is 0.729. The lowest BCUT2D eigenvalue weighted by molar-refractivity contribution is 0.191. The van der Waals surface area contributed by atoms with E-state index in [1.165, 1.54) is 56.3 Å². The fraction of sp³-hybridized carbons (Fsp3) is 0.737. The zero-order valence-corrected chi connectivity index (χ0v) is 13.6. The molecule has 1 N–H and O–H groups in total. The number of pyridine rings is 1. The van der Waals surface area contributed by atoms with Crippen LogP contribution in [0.5, 0.6) is 0 Å². The molecule has 1 saturated carbocycles. The van der Waals surface area contributed by atoms with Gasteiger partial charge in [-0.2, -0.15) is 0 Å². The zero-order valence-electron chi connectivity index (χ0n) is 13.6. The van der Waals surface area contributed by atoms with E-state index in [-0.39, 0.29) is 0 Å². The summed E-state index contributed by atoms with van der Waals surface area (Å²) in [5, 5.41) is 3.71. The monoisotopic (exact) mass is 286 g/mol. The maximum Gasteiger partial charge on any atom is 0.0469 e. The van der Waals surface area contributed by atoms with Crippen molar-refractivity contribution in [3.05, 3.63) is 29.6 Å². The van der Waals surface area contributed by atoms with Gasteiger partial charge in [-0.05, 0) is 68.2 Å². The van der Waals surface area contributed by atoms with Crippen LogP contribution in [0.3, 0.4) is 0 Å². The molecule has 0 saturated heterocycles. The average Bonchev–Trinajstić information content (AvgIpc) is 2.91. The first kappa shape index (κ1) is 15.0. The van der Waals surface area contributed by atoms with Crippen molar-refractivity contribution in [2.75, 3.05) is 13.1 Å². The Hall–Kier alpha value is -0.890. The van der Waals surface area contributed by atoms with Gasteiger partial charge in [0.2, 0.25) is 0 Å². The highest BCUT2D eigenvalue weighted by Crippen LogP contribution is 2.45. The molecule has 0 radical (unpaired) electrons. The van der Waals surface area contributed by atoms with Crippen molar-refractivity contribution in [1.82, 2.24) is 10.3 Å². The van der Waals surface area contributed by atoms with Crippen molar-refractivity contribution >= 4 is 0 Å². The second kappa shape index (κ2) is 6.91. The van der Waals surface area contributed by atoms with E-state index in [4.69, 9.17) is 4.98 Å². The van der Waals surface area contributed by atoms with Crippen LogP contribution >= 0.6 is 0 Å². The van der Waals surface area contributed by atoms with Gasteiger partial charge in [0, 0.05) is 17.8 Å². The predicted octanol–water partition coefficient (Wildman–Crippen LogP) is 4.16. The number of aromatic nitrogens is 1. The molecular formula is C19H30N2. The highest BCUT2D eigenvalue weighted by molar-refractivity contribution is 5.29. The Labute approximate surface area is 129 Å². The summed E-state index contributed by atoms with van der Waals surface area (Å²) >= 11 is 0. The Kier molecular flexibility index (Phi) is 4.95. The van der Waals surface area contributed by atoms with Gasteiger partial charge in [-0.25, -0.2) is 0 Å². The molecule has 1 fully saturated rings. The number of rotatable bonds is 5. The van der Waals surface area contributed by atoms with E-state index >= 15 is 0 Å². The van der Waals surface area contributed by atoms with Crippen LogP contribution in [0.1, 0.15) is 63.1 Å². The highest BCUT2D eigenvalue weighted by atomic mass is 14.9. The minimum Gasteiger partial charge on any atom is -0.316 e. The quantitative estimate of drug-likeness (QED) is 0.879. The van der Waals surface area contributed by atoms with Crippen LogP contribution < -0.4 is 5.32 Å². The summed E-state index contributed by atoms with van der Waals surface area (Å²) in [5.41, 5.74) is 2.94. The fourth-order valence-corrected chi connectivity index (χ4v) is 4.44.